The molecule has 0 amide bonds. The van der Waals surface area contributed by atoms with Crippen LogP contribution in [0.25, 0.3) is 0 Å². The average Bonchev–Trinajstić information content (AvgIpc) is 3.12. The van der Waals surface area contributed by atoms with E-state index in [0.717, 1.165) is 24.8 Å². The van der Waals surface area contributed by atoms with Gasteiger partial charge >= 0.3 is 0 Å². The van der Waals surface area contributed by atoms with Crippen molar-refractivity contribution in [1.29, 1.82) is 0 Å². The Labute approximate surface area is 101 Å². The smallest absolute Gasteiger partial charge is 0.153 e. The number of morpholine rings is 1. The zero-order chi connectivity index (χ0) is 11.8. The predicted molar refractivity (Wildman–Crippen MR) is 65.7 cm³/mol. The minimum Gasteiger partial charge on any atom is -0.397 e. The van der Waals surface area contributed by atoms with Gasteiger partial charge < -0.3 is 15.4 Å². The minimum absolute atomic E-state index is 0.248. The number of nitrogens with zero attached hydrogens (tertiary/aromatic N) is 3. The summed E-state index contributed by atoms with van der Waals surface area (Å²) in [7, 11) is 0. The molecule has 5 nitrogen and oxygen atoms in total. The molecule has 1 aromatic heterocycles. The van der Waals surface area contributed by atoms with Gasteiger partial charge in [-0.15, -0.1) is 5.10 Å². The van der Waals surface area contributed by atoms with E-state index in [4.69, 9.17) is 10.5 Å². The molecule has 2 heterocycles. The van der Waals surface area contributed by atoms with Crippen LogP contribution in [0.15, 0.2) is 12.3 Å². The summed E-state index contributed by atoms with van der Waals surface area (Å²) in [5, 5.41) is 8.06. The van der Waals surface area contributed by atoms with Gasteiger partial charge in [0, 0.05) is 19.2 Å². The Morgan fingerprint density at radius 1 is 1.41 bits per heavy atom. The van der Waals surface area contributed by atoms with Gasteiger partial charge in [-0.05, 0) is 25.7 Å². The summed E-state index contributed by atoms with van der Waals surface area (Å²) >= 11 is 0. The highest BCUT2D eigenvalue weighted by Gasteiger charge is 2.37. The quantitative estimate of drug-likeness (QED) is 0.829. The van der Waals surface area contributed by atoms with Crippen molar-refractivity contribution in [1.82, 2.24) is 10.2 Å². The van der Waals surface area contributed by atoms with Gasteiger partial charge in [-0.3, -0.25) is 0 Å². The maximum Gasteiger partial charge on any atom is 0.153 e. The minimum atomic E-state index is 0.248. The summed E-state index contributed by atoms with van der Waals surface area (Å²) in [4.78, 5) is 2.24. The van der Waals surface area contributed by atoms with E-state index in [1.807, 2.05) is 6.07 Å². The molecule has 2 atom stereocenters. The van der Waals surface area contributed by atoms with Gasteiger partial charge in [0.15, 0.2) is 5.82 Å². The van der Waals surface area contributed by atoms with E-state index in [0.29, 0.717) is 11.8 Å². The largest absolute Gasteiger partial charge is 0.397 e. The summed E-state index contributed by atoms with van der Waals surface area (Å²) in [5.41, 5.74) is 6.41. The van der Waals surface area contributed by atoms with Crippen LogP contribution in [0.3, 0.4) is 0 Å². The summed E-state index contributed by atoms with van der Waals surface area (Å²) in [6.45, 7) is 3.88. The average molecular weight is 234 g/mol. The Morgan fingerprint density at radius 3 is 2.94 bits per heavy atom. The summed E-state index contributed by atoms with van der Waals surface area (Å²) in [6.07, 6.45) is 4.77. The third kappa shape index (κ3) is 2.34. The van der Waals surface area contributed by atoms with Crippen molar-refractivity contribution in [3.8, 4) is 0 Å². The first-order chi connectivity index (χ1) is 8.22. The molecule has 0 spiro atoms. The monoisotopic (exact) mass is 234 g/mol. The molecular formula is C12H18N4O. The molecule has 1 aliphatic heterocycles. The van der Waals surface area contributed by atoms with Crippen LogP contribution in [0, 0.1) is 5.92 Å². The Kier molecular flexibility index (Phi) is 2.63. The lowest BCUT2D eigenvalue weighted by atomic mass is 10.1. The molecule has 0 bridgehead atoms. The van der Waals surface area contributed by atoms with Gasteiger partial charge in [0.25, 0.3) is 0 Å². The molecule has 17 heavy (non-hydrogen) atoms. The van der Waals surface area contributed by atoms with E-state index in [2.05, 4.69) is 22.0 Å². The SMILES string of the molecule is CC1CN(c2cc(N)cnn2)CC(C2CC2)O1. The predicted octanol–water partition coefficient (Wildman–Crippen LogP) is 1.06. The second-order valence-electron chi connectivity index (χ2n) is 5.07. The van der Waals surface area contributed by atoms with Crippen LogP contribution in [-0.4, -0.2) is 35.5 Å². The molecule has 1 saturated carbocycles. The molecule has 0 radical (unpaired) electrons. The van der Waals surface area contributed by atoms with E-state index >= 15 is 0 Å². The summed E-state index contributed by atoms with van der Waals surface area (Å²) < 4.78 is 5.97. The highest BCUT2D eigenvalue weighted by atomic mass is 16.5. The Bertz CT molecular complexity index is 407. The lowest BCUT2D eigenvalue weighted by molar-refractivity contribution is -0.0274. The Hall–Kier alpha value is -1.36. The first kappa shape index (κ1) is 10.8. The van der Waals surface area contributed by atoms with Gasteiger partial charge in [0.2, 0.25) is 0 Å². The molecular weight excluding hydrogens is 216 g/mol. The third-order valence-corrected chi connectivity index (χ3v) is 3.42. The molecule has 2 aliphatic rings. The first-order valence-corrected chi connectivity index (χ1v) is 6.21. The molecule has 92 valence electrons. The van der Waals surface area contributed by atoms with Crippen LogP contribution in [0.1, 0.15) is 19.8 Å². The van der Waals surface area contributed by atoms with Gasteiger partial charge in [-0.1, -0.05) is 0 Å². The molecule has 2 N–H and O–H groups in total. The second-order valence-corrected chi connectivity index (χ2v) is 5.07. The number of hydrogen-bond donors (Lipinski definition) is 1. The number of aromatic nitrogens is 2. The molecule has 2 unspecified atom stereocenters. The fraction of sp³-hybridized carbons (Fsp3) is 0.667. The van der Waals surface area contributed by atoms with E-state index in [9.17, 15) is 0 Å². The molecule has 0 aromatic carbocycles. The van der Waals surface area contributed by atoms with E-state index in [1.54, 1.807) is 6.20 Å². The lowest BCUT2D eigenvalue weighted by Crippen LogP contribution is -2.48. The zero-order valence-corrected chi connectivity index (χ0v) is 10.0. The Balaban J connectivity index is 1.77. The number of anilines is 2. The number of nitrogens with two attached hydrogens (primary N) is 1. The zero-order valence-electron chi connectivity index (χ0n) is 10.0. The van der Waals surface area contributed by atoms with Crippen LogP contribution in [0.2, 0.25) is 0 Å². The standard InChI is InChI=1S/C12H18N4O/c1-8-6-16(7-11(17-8)9-2-3-9)12-4-10(13)5-14-15-12/h4-5,8-9,11H,2-3,6-7H2,1H3,(H2,13,15). The van der Waals surface area contributed by atoms with Gasteiger partial charge in [0.05, 0.1) is 24.1 Å². The van der Waals surface area contributed by atoms with E-state index in [-0.39, 0.29) is 6.10 Å². The molecule has 1 aromatic rings. The fourth-order valence-electron chi connectivity index (χ4n) is 2.43. The third-order valence-electron chi connectivity index (χ3n) is 3.42. The molecule has 2 fully saturated rings. The van der Waals surface area contributed by atoms with Crippen LogP contribution in [0.5, 0.6) is 0 Å². The molecule has 1 aliphatic carbocycles. The number of rotatable bonds is 2. The molecule has 1 saturated heterocycles. The van der Waals surface area contributed by atoms with Crippen LogP contribution in [-0.2, 0) is 4.74 Å². The maximum absolute atomic E-state index is 5.97. The van der Waals surface area contributed by atoms with Crippen molar-refractivity contribution in [2.45, 2.75) is 32.0 Å². The van der Waals surface area contributed by atoms with Gasteiger partial charge in [-0.2, -0.15) is 5.10 Å². The van der Waals surface area contributed by atoms with Crippen molar-refractivity contribution in [3.05, 3.63) is 12.3 Å². The number of hydrogen-bond acceptors (Lipinski definition) is 5. The van der Waals surface area contributed by atoms with Crippen molar-refractivity contribution in [2.24, 2.45) is 5.92 Å². The van der Waals surface area contributed by atoms with Gasteiger partial charge in [0.1, 0.15) is 0 Å². The van der Waals surface area contributed by atoms with E-state index < -0.39 is 0 Å². The topological polar surface area (TPSA) is 64.3 Å². The van der Waals surface area contributed by atoms with Crippen molar-refractivity contribution >= 4 is 11.5 Å². The highest BCUT2D eigenvalue weighted by Crippen LogP contribution is 2.37. The Morgan fingerprint density at radius 2 is 2.24 bits per heavy atom. The lowest BCUT2D eigenvalue weighted by Gasteiger charge is -2.37. The van der Waals surface area contributed by atoms with Crippen LogP contribution in [0.4, 0.5) is 11.5 Å². The maximum atomic E-state index is 5.97. The fourth-order valence-corrected chi connectivity index (χ4v) is 2.43. The van der Waals surface area contributed by atoms with E-state index in [1.165, 1.54) is 12.8 Å². The van der Waals surface area contributed by atoms with Crippen molar-refractivity contribution in [2.75, 3.05) is 23.7 Å². The number of nitrogen functional groups attached to an aromatic ring is 1. The van der Waals surface area contributed by atoms with Crippen LogP contribution < -0.4 is 10.6 Å². The summed E-state index contributed by atoms with van der Waals surface area (Å²) in [6, 6.07) is 1.88. The normalized spacial score (nSPS) is 29.4. The van der Waals surface area contributed by atoms with Crippen molar-refractivity contribution in [3.63, 3.8) is 0 Å². The van der Waals surface area contributed by atoms with Gasteiger partial charge in [-0.25, -0.2) is 0 Å². The highest BCUT2D eigenvalue weighted by molar-refractivity contribution is 5.48. The molecule has 5 heteroatoms. The summed E-state index contributed by atoms with van der Waals surface area (Å²) in [5.74, 6) is 1.61. The van der Waals surface area contributed by atoms with Crippen LogP contribution >= 0.6 is 0 Å². The second kappa shape index (κ2) is 4.14. The van der Waals surface area contributed by atoms with Crippen molar-refractivity contribution < 1.29 is 4.74 Å². The number of ether oxygens (including phenoxy) is 1. The first-order valence-electron chi connectivity index (χ1n) is 6.21. The molecule has 3 rings (SSSR count).